The van der Waals surface area contributed by atoms with Crippen molar-refractivity contribution in [1.82, 2.24) is 0 Å². The monoisotopic (exact) mass is 887 g/mol. The lowest BCUT2D eigenvalue weighted by Gasteiger charge is -2.31. The summed E-state index contributed by atoms with van der Waals surface area (Å²) in [5, 5.41) is 9.66. The zero-order valence-electron chi connectivity index (χ0n) is 41.8. The number of hydrogen-bond donors (Lipinski definition) is 1. The second-order valence-electron chi connectivity index (χ2n) is 18.8. The van der Waals surface area contributed by atoms with Crippen LogP contribution in [-0.2, 0) is 28.6 Å². The molecule has 0 saturated heterocycles. The Bertz CT molecular complexity index is 1170. The summed E-state index contributed by atoms with van der Waals surface area (Å²) in [4.78, 5) is 37.2. The zero-order valence-corrected chi connectivity index (χ0v) is 41.8. The van der Waals surface area contributed by atoms with E-state index in [0.29, 0.717) is 19.3 Å². The number of carboxylic acid groups (broad SMARTS) is 1. The summed E-state index contributed by atoms with van der Waals surface area (Å²) in [5.74, 6) is -1.47. The van der Waals surface area contributed by atoms with E-state index in [1.807, 2.05) is 21.1 Å². The number of carbonyl (C=O) groups excluding carboxylic acids is 2. The van der Waals surface area contributed by atoms with Gasteiger partial charge in [0, 0.05) is 19.3 Å². The van der Waals surface area contributed by atoms with E-state index in [0.717, 1.165) is 51.4 Å². The largest absolute Gasteiger partial charge is 0.477 e. The van der Waals surface area contributed by atoms with Crippen LogP contribution in [0.2, 0.25) is 0 Å². The van der Waals surface area contributed by atoms with Crippen molar-refractivity contribution in [3.63, 3.8) is 0 Å². The van der Waals surface area contributed by atoms with Gasteiger partial charge in [-0.2, -0.15) is 0 Å². The van der Waals surface area contributed by atoms with E-state index < -0.39 is 18.1 Å². The van der Waals surface area contributed by atoms with Crippen molar-refractivity contribution in [2.24, 2.45) is 0 Å². The van der Waals surface area contributed by atoms with E-state index in [1.165, 1.54) is 148 Å². The van der Waals surface area contributed by atoms with Gasteiger partial charge in [0.2, 0.25) is 0 Å². The van der Waals surface area contributed by atoms with Crippen LogP contribution in [0.4, 0.5) is 0 Å². The minimum atomic E-state index is -0.875. The second kappa shape index (κ2) is 45.8. The second-order valence-corrected chi connectivity index (χ2v) is 18.8. The minimum Gasteiger partial charge on any atom is -0.477 e. The van der Waals surface area contributed by atoms with Crippen molar-refractivity contribution in [3.05, 3.63) is 48.6 Å². The first kappa shape index (κ1) is 60.3. The van der Waals surface area contributed by atoms with E-state index >= 15 is 0 Å². The van der Waals surface area contributed by atoms with Crippen molar-refractivity contribution < 1.29 is 38.2 Å². The van der Waals surface area contributed by atoms with E-state index in [9.17, 15) is 19.5 Å². The van der Waals surface area contributed by atoms with Crippen LogP contribution in [0.25, 0.3) is 0 Å². The molecule has 0 spiro atoms. The Morgan fingerprint density at radius 3 is 1.29 bits per heavy atom. The first-order chi connectivity index (χ1) is 30.6. The molecule has 1 N–H and O–H groups in total. The lowest BCUT2D eigenvalue weighted by molar-refractivity contribution is -0.887. The molecular weight excluding hydrogens is 787 g/mol. The Hall–Kier alpha value is -2.71. The number of carbonyl (C=O) groups is 3. The highest BCUT2D eigenvalue weighted by Gasteiger charge is 2.31. The van der Waals surface area contributed by atoms with Crippen LogP contribution < -0.4 is 0 Å². The number of aliphatic carboxylic acids is 1. The van der Waals surface area contributed by atoms with E-state index in [1.54, 1.807) is 0 Å². The van der Waals surface area contributed by atoms with E-state index in [2.05, 4.69) is 62.5 Å². The number of nitrogens with zero attached hydrogens (tertiary/aromatic N) is 1. The summed E-state index contributed by atoms with van der Waals surface area (Å²) in [6.45, 7) is 4.72. The first-order valence-electron chi connectivity index (χ1n) is 26.2. The lowest BCUT2D eigenvalue weighted by Crippen LogP contribution is -2.50. The molecule has 0 aromatic carbocycles. The Kier molecular flexibility index (Phi) is 43.9. The third kappa shape index (κ3) is 44.3. The number of rotatable bonds is 47. The standard InChI is InChI=1S/C55H99NO7/c1-6-8-10-12-14-16-18-20-22-24-25-26-27-28-30-31-33-35-37-39-41-43-45-53(57)62-50-51(49-61-48-47-52(55(59)60)56(3,4)5)63-54(58)46-44-42-40-38-36-34-32-29-23-21-19-17-15-13-11-9-7-2/h14,16,20-23,25-26,51-52H,6-13,15,17-19,24,27-50H2,1-5H3/p+1/b16-14+,22-20+,23-21+,26-25+. The molecule has 0 heterocycles. The maximum absolute atomic E-state index is 12.8. The van der Waals surface area contributed by atoms with Crippen LogP contribution in [0.1, 0.15) is 232 Å². The maximum atomic E-state index is 12.8. The third-order valence-corrected chi connectivity index (χ3v) is 11.7. The van der Waals surface area contributed by atoms with Crippen molar-refractivity contribution in [3.8, 4) is 0 Å². The molecule has 0 aromatic heterocycles. The van der Waals surface area contributed by atoms with Gasteiger partial charge < -0.3 is 23.8 Å². The van der Waals surface area contributed by atoms with Crippen LogP contribution in [0.15, 0.2) is 48.6 Å². The molecule has 0 aliphatic rings. The molecule has 8 nitrogen and oxygen atoms in total. The minimum absolute atomic E-state index is 0.0551. The highest BCUT2D eigenvalue weighted by molar-refractivity contribution is 5.72. The molecule has 63 heavy (non-hydrogen) atoms. The number of likely N-dealkylation sites (N-methyl/N-ethyl adjacent to an activating group) is 1. The van der Waals surface area contributed by atoms with Crippen LogP contribution >= 0.6 is 0 Å². The molecule has 2 atom stereocenters. The van der Waals surface area contributed by atoms with Gasteiger partial charge in [-0.1, -0.05) is 184 Å². The fourth-order valence-electron chi connectivity index (χ4n) is 7.62. The van der Waals surface area contributed by atoms with E-state index in [4.69, 9.17) is 14.2 Å². The Morgan fingerprint density at radius 2 is 0.841 bits per heavy atom. The van der Waals surface area contributed by atoms with Gasteiger partial charge in [-0.3, -0.25) is 9.59 Å². The number of carboxylic acids is 1. The maximum Gasteiger partial charge on any atom is 0.362 e. The first-order valence-corrected chi connectivity index (χ1v) is 26.2. The third-order valence-electron chi connectivity index (χ3n) is 11.7. The van der Waals surface area contributed by atoms with E-state index in [-0.39, 0.29) is 36.2 Å². The van der Waals surface area contributed by atoms with Crippen molar-refractivity contribution in [1.29, 1.82) is 0 Å². The van der Waals surface area contributed by atoms with Crippen LogP contribution in [-0.4, -0.2) is 80.6 Å². The molecule has 0 rings (SSSR count). The van der Waals surface area contributed by atoms with Crippen molar-refractivity contribution in [2.75, 3.05) is 41.0 Å². The zero-order chi connectivity index (χ0) is 46.3. The van der Waals surface area contributed by atoms with Crippen LogP contribution in [0.3, 0.4) is 0 Å². The Balaban J connectivity index is 4.24. The molecule has 0 aromatic rings. The molecule has 366 valence electrons. The number of hydrogen-bond acceptors (Lipinski definition) is 6. The van der Waals surface area contributed by atoms with Gasteiger partial charge in [0.25, 0.3) is 0 Å². The van der Waals surface area contributed by atoms with Crippen molar-refractivity contribution >= 4 is 17.9 Å². The number of quaternary nitrogens is 1. The average Bonchev–Trinajstić information content (AvgIpc) is 3.24. The fraction of sp³-hybridized carbons (Fsp3) is 0.800. The Labute approximate surface area is 388 Å². The number of esters is 2. The summed E-state index contributed by atoms with van der Waals surface area (Å²) in [7, 11) is 5.54. The normalized spacial score (nSPS) is 13.2. The molecule has 0 fully saturated rings. The molecule has 2 unspecified atom stereocenters. The summed E-state index contributed by atoms with van der Waals surface area (Å²) >= 11 is 0. The topological polar surface area (TPSA) is 99.1 Å². The quantitative estimate of drug-likeness (QED) is 0.0281. The SMILES string of the molecule is CCCCC/C=C/C/C=C/C/C=C/CCCCCCCCCCCC(=O)OCC(COCCC(C(=O)O)[N+](C)(C)C)OC(=O)CCCCCCCCC/C=C/CCCCCCCC. The van der Waals surface area contributed by atoms with Gasteiger partial charge in [0.1, 0.15) is 6.61 Å². The van der Waals surface area contributed by atoms with Gasteiger partial charge in [-0.25, -0.2) is 4.79 Å². The number of ether oxygens (including phenoxy) is 3. The summed E-state index contributed by atoms with van der Waals surface area (Å²) < 4.78 is 17.4. The van der Waals surface area contributed by atoms with Gasteiger partial charge in [-0.15, -0.1) is 0 Å². The molecule has 0 radical (unpaired) electrons. The van der Waals surface area contributed by atoms with Gasteiger partial charge in [0.05, 0.1) is 34.4 Å². The summed E-state index contributed by atoms with van der Waals surface area (Å²) in [5.41, 5.74) is 0. The Morgan fingerprint density at radius 1 is 0.476 bits per heavy atom. The smallest absolute Gasteiger partial charge is 0.362 e. The molecule has 0 saturated carbocycles. The highest BCUT2D eigenvalue weighted by atomic mass is 16.6. The summed E-state index contributed by atoms with van der Waals surface area (Å²) in [6, 6.07) is -0.617. The molecule has 0 amide bonds. The highest BCUT2D eigenvalue weighted by Crippen LogP contribution is 2.15. The van der Waals surface area contributed by atoms with Gasteiger partial charge in [-0.05, 0) is 77.0 Å². The van der Waals surface area contributed by atoms with Crippen LogP contribution in [0.5, 0.6) is 0 Å². The molecule has 0 aliphatic heterocycles. The molecular formula is C55H100NO7+. The number of unbranched alkanes of at least 4 members (excludes halogenated alkanes) is 25. The van der Waals surface area contributed by atoms with Gasteiger partial charge in [0.15, 0.2) is 12.1 Å². The predicted molar refractivity (Wildman–Crippen MR) is 266 cm³/mol. The predicted octanol–water partition coefficient (Wildman–Crippen LogP) is 15.1. The number of allylic oxidation sites excluding steroid dienone is 8. The van der Waals surface area contributed by atoms with Crippen molar-refractivity contribution in [2.45, 2.75) is 244 Å². The molecule has 0 aliphatic carbocycles. The molecule has 8 heteroatoms. The fourth-order valence-corrected chi connectivity index (χ4v) is 7.62. The van der Waals surface area contributed by atoms with Gasteiger partial charge >= 0.3 is 17.9 Å². The van der Waals surface area contributed by atoms with Crippen LogP contribution in [0, 0.1) is 0 Å². The summed E-state index contributed by atoms with van der Waals surface area (Å²) in [6.07, 6.45) is 55.8. The molecule has 0 bridgehead atoms. The average molecular weight is 887 g/mol. The lowest BCUT2D eigenvalue weighted by atomic mass is 10.1.